The number of nitrogens with one attached hydrogen (secondary N) is 1. The Morgan fingerprint density at radius 2 is 2.12 bits per heavy atom. The number of carbonyl (C=O) groups excluding carboxylic acids is 1. The van der Waals surface area contributed by atoms with Crippen molar-refractivity contribution in [2.75, 3.05) is 6.54 Å². The Labute approximate surface area is 145 Å². The highest BCUT2D eigenvalue weighted by Gasteiger charge is 2.28. The standard InChI is InChI=1S/C18H20N4O3/c1-12-5-4-6-14(9-12)22-10-15(20-21-22)17(23)19-11-18(3,24)16-8-7-13(2)25-16/h4-10,24H,11H2,1-3H3,(H,19,23). The summed E-state index contributed by atoms with van der Waals surface area (Å²) in [6.07, 6.45) is 1.55. The molecule has 3 rings (SSSR count). The predicted molar refractivity (Wildman–Crippen MR) is 91.4 cm³/mol. The minimum atomic E-state index is -1.31. The molecule has 0 saturated heterocycles. The third-order valence-corrected chi connectivity index (χ3v) is 3.86. The maximum absolute atomic E-state index is 12.3. The van der Waals surface area contributed by atoms with Crippen LogP contribution in [0.5, 0.6) is 0 Å². The summed E-state index contributed by atoms with van der Waals surface area (Å²) in [6.45, 7) is 5.35. The van der Waals surface area contributed by atoms with Gasteiger partial charge in [-0.05, 0) is 50.6 Å². The molecule has 0 bridgehead atoms. The number of hydrogen-bond acceptors (Lipinski definition) is 5. The van der Waals surface area contributed by atoms with Crippen molar-refractivity contribution in [2.45, 2.75) is 26.4 Å². The summed E-state index contributed by atoms with van der Waals surface area (Å²) in [5.74, 6) is 0.680. The zero-order chi connectivity index (χ0) is 18.0. The van der Waals surface area contributed by atoms with Crippen molar-refractivity contribution in [1.29, 1.82) is 0 Å². The smallest absolute Gasteiger partial charge is 0.273 e. The first-order valence-electron chi connectivity index (χ1n) is 7.92. The second-order valence-corrected chi connectivity index (χ2v) is 6.25. The highest BCUT2D eigenvalue weighted by molar-refractivity contribution is 5.91. The van der Waals surface area contributed by atoms with Crippen molar-refractivity contribution >= 4 is 5.91 Å². The SMILES string of the molecule is Cc1cccc(-n2cc(C(=O)NCC(C)(O)c3ccc(C)o3)nn2)c1. The molecule has 3 aromatic rings. The molecule has 0 spiro atoms. The second-order valence-electron chi connectivity index (χ2n) is 6.25. The van der Waals surface area contributed by atoms with Crippen LogP contribution in [0.15, 0.2) is 47.0 Å². The van der Waals surface area contributed by atoms with E-state index >= 15 is 0 Å². The van der Waals surface area contributed by atoms with E-state index < -0.39 is 11.5 Å². The summed E-state index contributed by atoms with van der Waals surface area (Å²) in [5.41, 5.74) is 0.775. The highest BCUT2D eigenvalue weighted by atomic mass is 16.4. The summed E-state index contributed by atoms with van der Waals surface area (Å²) in [5, 5.41) is 21.0. The number of carbonyl (C=O) groups is 1. The van der Waals surface area contributed by atoms with Crippen LogP contribution in [-0.4, -0.2) is 32.6 Å². The number of furan rings is 1. The topological polar surface area (TPSA) is 93.2 Å². The fourth-order valence-corrected chi connectivity index (χ4v) is 2.42. The molecule has 0 aliphatic carbocycles. The average molecular weight is 340 g/mol. The van der Waals surface area contributed by atoms with Gasteiger partial charge in [0.25, 0.3) is 5.91 Å². The number of nitrogens with zero attached hydrogens (tertiary/aromatic N) is 3. The van der Waals surface area contributed by atoms with E-state index in [9.17, 15) is 9.90 Å². The van der Waals surface area contributed by atoms with Crippen LogP contribution in [0.2, 0.25) is 0 Å². The van der Waals surface area contributed by atoms with Crippen molar-refractivity contribution in [3.05, 3.63) is 65.4 Å². The second kappa shape index (κ2) is 6.52. The summed E-state index contributed by atoms with van der Waals surface area (Å²) < 4.78 is 6.96. The maximum Gasteiger partial charge on any atom is 0.273 e. The van der Waals surface area contributed by atoms with Gasteiger partial charge in [-0.25, -0.2) is 4.68 Å². The molecule has 2 N–H and O–H groups in total. The van der Waals surface area contributed by atoms with Gasteiger partial charge in [0.15, 0.2) is 5.69 Å². The number of hydrogen-bond donors (Lipinski definition) is 2. The van der Waals surface area contributed by atoms with Crippen LogP contribution in [0.25, 0.3) is 5.69 Å². The number of aryl methyl sites for hydroxylation is 2. The summed E-state index contributed by atoms with van der Waals surface area (Å²) in [6, 6.07) is 11.2. The highest BCUT2D eigenvalue weighted by Crippen LogP contribution is 2.22. The zero-order valence-corrected chi connectivity index (χ0v) is 14.4. The molecule has 0 radical (unpaired) electrons. The third kappa shape index (κ3) is 3.77. The van der Waals surface area contributed by atoms with E-state index in [0.29, 0.717) is 11.5 Å². The van der Waals surface area contributed by atoms with Gasteiger partial charge in [-0.2, -0.15) is 0 Å². The average Bonchev–Trinajstić information content (AvgIpc) is 3.22. The molecule has 0 saturated carbocycles. The van der Waals surface area contributed by atoms with Crippen LogP contribution in [0.4, 0.5) is 0 Å². The zero-order valence-electron chi connectivity index (χ0n) is 14.4. The van der Waals surface area contributed by atoms with Crippen LogP contribution in [0.3, 0.4) is 0 Å². The lowest BCUT2D eigenvalue weighted by molar-refractivity contribution is 0.0322. The first-order valence-corrected chi connectivity index (χ1v) is 7.92. The molecule has 1 aromatic carbocycles. The Hall–Kier alpha value is -2.93. The first-order chi connectivity index (χ1) is 11.8. The quantitative estimate of drug-likeness (QED) is 0.742. The molecular weight excluding hydrogens is 320 g/mol. The maximum atomic E-state index is 12.3. The monoisotopic (exact) mass is 340 g/mol. The van der Waals surface area contributed by atoms with Crippen molar-refractivity contribution in [1.82, 2.24) is 20.3 Å². The van der Waals surface area contributed by atoms with Gasteiger partial charge >= 0.3 is 0 Å². The normalized spacial score (nSPS) is 13.4. The molecular formula is C18H20N4O3. The van der Waals surface area contributed by atoms with E-state index in [-0.39, 0.29) is 12.2 Å². The Bertz CT molecular complexity index is 895. The molecule has 1 amide bonds. The van der Waals surface area contributed by atoms with E-state index in [1.807, 2.05) is 31.2 Å². The van der Waals surface area contributed by atoms with Crippen molar-refractivity contribution in [2.24, 2.45) is 0 Å². The minimum Gasteiger partial charge on any atom is -0.463 e. The molecule has 0 aliphatic rings. The number of rotatable bonds is 5. The fourth-order valence-electron chi connectivity index (χ4n) is 2.42. The fraction of sp³-hybridized carbons (Fsp3) is 0.278. The minimum absolute atomic E-state index is 0.00388. The number of benzene rings is 1. The van der Waals surface area contributed by atoms with Gasteiger partial charge in [0.2, 0.25) is 0 Å². The Kier molecular flexibility index (Phi) is 4.41. The molecule has 7 nitrogen and oxygen atoms in total. The van der Waals surface area contributed by atoms with E-state index in [1.165, 1.54) is 4.68 Å². The van der Waals surface area contributed by atoms with Gasteiger partial charge in [-0.15, -0.1) is 5.10 Å². The Balaban J connectivity index is 1.68. The predicted octanol–water partition coefficient (Wildman–Crippen LogP) is 2.11. The van der Waals surface area contributed by atoms with E-state index in [0.717, 1.165) is 11.3 Å². The molecule has 130 valence electrons. The van der Waals surface area contributed by atoms with Crippen LogP contribution in [-0.2, 0) is 5.60 Å². The Morgan fingerprint density at radius 1 is 1.32 bits per heavy atom. The molecule has 0 fully saturated rings. The van der Waals surface area contributed by atoms with Gasteiger partial charge in [-0.3, -0.25) is 4.79 Å². The van der Waals surface area contributed by atoms with E-state index in [4.69, 9.17) is 4.42 Å². The number of aliphatic hydroxyl groups is 1. The number of aromatic nitrogens is 3. The van der Waals surface area contributed by atoms with Crippen molar-refractivity contribution in [3.63, 3.8) is 0 Å². The molecule has 25 heavy (non-hydrogen) atoms. The first kappa shape index (κ1) is 16.9. The van der Waals surface area contributed by atoms with Crippen LogP contribution in [0, 0.1) is 13.8 Å². The van der Waals surface area contributed by atoms with Gasteiger partial charge in [0.1, 0.15) is 17.1 Å². The van der Waals surface area contributed by atoms with E-state index in [2.05, 4.69) is 15.6 Å². The van der Waals surface area contributed by atoms with Gasteiger partial charge in [0, 0.05) is 0 Å². The van der Waals surface area contributed by atoms with Crippen LogP contribution >= 0.6 is 0 Å². The molecule has 0 aliphatic heterocycles. The van der Waals surface area contributed by atoms with Crippen molar-refractivity contribution in [3.8, 4) is 5.69 Å². The number of amides is 1. The largest absolute Gasteiger partial charge is 0.463 e. The molecule has 1 unspecified atom stereocenters. The molecule has 7 heteroatoms. The lowest BCUT2D eigenvalue weighted by atomic mass is 10.0. The third-order valence-electron chi connectivity index (χ3n) is 3.86. The van der Waals surface area contributed by atoms with Crippen molar-refractivity contribution < 1.29 is 14.3 Å². The van der Waals surface area contributed by atoms with Gasteiger partial charge < -0.3 is 14.8 Å². The van der Waals surface area contributed by atoms with Gasteiger partial charge in [0.05, 0.1) is 18.4 Å². The summed E-state index contributed by atoms with van der Waals surface area (Å²) >= 11 is 0. The summed E-state index contributed by atoms with van der Waals surface area (Å²) in [7, 11) is 0. The lowest BCUT2D eigenvalue weighted by Gasteiger charge is -2.20. The molecule has 1 atom stereocenters. The summed E-state index contributed by atoms with van der Waals surface area (Å²) in [4.78, 5) is 12.3. The van der Waals surface area contributed by atoms with E-state index in [1.54, 1.807) is 32.2 Å². The van der Waals surface area contributed by atoms with Gasteiger partial charge in [-0.1, -0.05) is 17.3 Å². The lowest BCUT2D eigenvalue weighted by Crippen LogP contribution is -2.38. The van der Waals surface area contributed by atoms with Crippen LogP contribution < -0.4 is 5.32 Å². The molecule has 2 aromatic heterocycles. The molecule has 2 heterocycles. The Morgan fingerprint density at radius 3 is 2.80 bits per heavy atom. The van der Waals surface area contributed by atoms with Crippen LogP contribution in [0.1, 0.15) is 34.5 Å².